The van der Waals surface area contributed by atoms with Crippen molar-refractivity contribution in [1.82, 2.24) is 10.6 Å². The molecule has 0 saturated heterocycles. The Morgan fingerprint density at radius 3 is 2.74 bits per heavy atom. The molecule has 0 aliphatic heterocycles. The zero-order chi connectivity index (χ0) is 13.9. The number of rotatable bonds is 4. The number of hydrogen-bond donors (Lipinski definition) is 2. The molecule has 1 aliphatic carbocycles. The lowest BCUT2D eigenvalue weighted by Gasteiger charge is -2.36. The van der Waals surface area contributed by atoms with Gasteiger partial charge in [0, 0.05) is 24.2 Å². The fourth-order valence-electron chi connectivity index (χ4n) is 2.03. The van der Waals surface area contributed by atoms with Gasteiger partial charge in [0.05, 0.1) is 12.5 Å². The van der Waals surface area contributed by atoms with Crippen molar-refractivity contribution in [3.05, 3.63) is 24.2 Å². The number of alkyl carbamates (subject to hydrolysis) is 1. The van der Waals surface area contributed by atoms with E-state index in [-0.39, 0.29) is 12.1 Å². The molecule has 1 aliphatic rings. The van der Waals surface area contributed by atoms with Crippen LogP contribution in [0.25, 0.3) is 0 Å². The maximum atomic E-state index is 11.5. The average molecular weight is 266 g/mol. The predicted molar refractivity (Wildman–Crippen MR) is 71.7 cm³/mol. The number of nitrogens with one attached hydrogen (secondary N) is 2. The van der Waals surface area contributed by atoms with Gasteiger partial charge in [-0.25, -0.2) is 4.79 Å². The zero-order valence-electron chi connectivity index (χ0n) is 11.7. The van der Waals surface area contributed by atoms with E-state index in [9.17, 15) is 4.79 Å². The third kappa shape index (κ3) is 4.59. The summed E-state index contributed by atoms with van der Waals surface area (Å²) in [5.74, 6) is 0. The van der Waals surface area contributed by atoms with Crippen LogP contribution in [-0.4, -0.2) is 23.8 Å². The highest BCUT2D eigenvalue weighted by atomic mass is 16.6. The Labute approximate surface area is 113 Å². The van der Waals surface area contributed by atoms with E-state index in [1.807, 2.05) is 26.8 Å². The highest BCUT2D eigenvalue weighted by Gasteiger charge is 2.31. The topological polar surface area (TPSA) is 63.5 Å². The molecule has 0 atom stereocenters. The van der Waals surface area contributed by atoms with Crippen LogP contribution < -0.4 is 10.6 Å². The van der Waals surface area contributed by atoms with E-state index in [4.69, 9.17) is 9.15 Å². The van der Waals surface area contributed by atoms with Gasteiger partial charge in [0.15, 0.2) is 0 Å². The minimum absolute atomic E-state index is 0.219. The first-order chi connectivity index (χ1) is 8.92. The Kier molecular flexibility index (Phi) is 4.14. The molecule has 1 heterocycles. The molecule has 0 bridgehead atoms. The first-order valence-electron chi connectivity index (χ1n) is 6.66. The van der Waals surface area contributed by atoms with Gasteiger partial charge in [-0.3, -0.25) is 0 Å². The highest BCUT2D eigenvalue weighted by Crippen LogP contribution is 2.21. The molecule has 5 nitrogen and oxygen atoms in total. The summed E-state index contributed by atoms with van der Waals surface area (Å²) in [6.07, 6.45) is 4.96. The predicted octanol–water partition coefficient (Wildman–Crippen LogP) is 2.42. The van der Waals surface area contributed by atoms with Crippen molar-refractivity contribution in [3.8, 4) is 0 Å². The molecule has 0 unspecified atom stereocenters. The summed E-state index contributed by atoms with van der Waals surface area (Å²) < 4.78 is 10.2. The second-order valence-electron chi connectivity index (χ2n) is 6.02. The lowest BCUT2D eigenvalue weighted by Crippen LogP contribution is -2.52. The highest BCUT2D eigenvalue weighted by molar-refractivity contribution is 5.68. The van der Waals surface area contributed by atoms with Crippen LogP contribution in [0.3, 0.4) is 0 Å². The van der Waals surface area contributed by atoms with E-state index >= 15 is 0 Å². The molecule has 1 fully saturated rings. The molecule has 19 heavy (non-hydrogen) atoms. The van der Waals surface area contributed by atoms with Crippen LogP contribution in [0, 0.1) is 0 Å². The van der Waals surface area contributed by atoms with Crippen LogP contribution in [-0.2, 0) is 11.3 Å². The first kappa shape index (κ1) is 13.9. The van der Waals surface area contributed by atoms with Gasteiger partial charge < -0.3 is 19.8 Å². The molecule has 0 aromatic carbocycles. The molecular weight excluding hydrogens is 244 g/mol. The van der Waals surface area contributed by atoms with Crippen LogP contribution in [0.15, 0.2) is 23.0 Å². The molecule has 1 saturated carbocycles. The fourth-order valence-corrected chi connectivity index (χ4v) is 2.03. The van der Waals surface area contributed by atoms with Crippen LogP contribution in [0.4, 0.5) is 4.79 Å². The summed E-state index contributed by atoms with van der Waals surface area (Å²) in [4.78, 5) is 11.5. The van der Waals surface area contributed by atoms with Gasteiger partial charge in [0.1, 0.15) is 5.60 Å². The Morgan fingerprint density at radius 1 is 1.42 bits per heavy atom. The maximum absolute atomic E-state index is 11.5. The number of amides is 1. The van der Waals surface area contributed by atoms with Crippen molar-refractivity contribution < 1.29 is 13.9 Å². The van der Waals surface area contributed by atoms with E-state index in [2.05, 4.69) is 10.6 Å². The van der Waals surface area contributed by atoms with Gasteiger partial charge in [-0.2, -0.15) is 0 Å². The quantitative estimate of drug-likeness (QED) is 0.878. The van der Waals surface area contributed by atoms with Crippen molar-refractivity contribution in [1.29, 1.82) is 0 Å². The second kappa shape index (κ2) is 5.65. The molecular formula is C14H22N2O3. The maximum Gasteiger partial charge on any atom is 0.407 e. The lowest BCUT2D eigenvalue weighted by molar-refractivity contribution is 0.0465. The third-order valence-electron chi connectivity index (χ3n) is 3.03. The van der Waals surface area contributed by atoms with Crippen molar-refractivity contribution in [2.75, 3.05) is 0 Å². The van der Waals surface area contributed by atoms with Crippen molar-refractivity contribution >= 4 is 6.09 Å². The molecule has 0 spiro atoms. The first-order valence-corrected chi connectivity index (χ1v) is 6.66. The summed E-state index contributed by atoms with van der Waals surface area (Å²) in [6, 6.07) is 2.62. The van der Waals surface area contributed by atoms with E-state index < -0.39 is 5.60 Å². The summed E-state index contributed by atoms with van der Waals surface area (Å²) in [5.41, 5.74) is 0.704. The summed E-state index contributed by atoms with van der Waals surface area (Å²) in [5, 5.41) is 6.30. The number of carbonyl (C=O) groups excluding carboxylic acids is 1. The number of ether oxygens (including phenoxy) is 1. The van der Waals surface area contributed by atoms with Crippen LogP contribution >= 0.6 is 0 Å². The second-order valence-corrected chi connectivity index (χ2v) is 6.02. The Morgan fingerprint density at radius 2 is 2.16 bits per heavy atom. The molecule has 0 radical (unpaired) electrons. The summed E-state index contributed by atoms with van der Waals surface area (Å²) >= 11 is 0. The largest absolute Gasteiger partial charge is 0.472 e. The van der Waals surface area contributed by atoms with Crippen LogP contribution in [0.1, 0.15) is 39.2 Å². The molecule has 1 aromatic heterocycles. The van der Waals surface area contributed by atoms with E-state index in [1.54, 1.807) is 12.5 Å². The number of carbonyl (C=O) groups is 1. The normalized spacial score (nSPS) is 22.7. The van der Waals surface area contributed by atoms with E-state index in [1.165, 1.54) is 0 Å². The zero-order valence-corrected chi connectivity index (χ0v) is 11.7. The minimum Gasteiger partial charge on any atom is -0.472 e. The van der Waals surface area contributed by atoms with Gasteiger partial charge in [-0.15, -0.1) is 0 Å². The number of furan rings is 1. The Bertz CT molecular complexity index is 403. The SMILES string of the molecule is CC(C)(C)OC(=O)NC1CC(NCc2ccoc2)C1. The van der Waals surface area contributed by atoms with Crippen LogP contribution in [0.2, 0.25) is 0 Å². The standard InChI is InChI=1S/C14H22N2O3/c1-14(2,3)19-13(17)16-12-6-11(7-12)15-8-10-4-5-18-9-10/h4-5,9,11-12,15H,6-8H2,1-3H3,(H,16,17). The van der Waals surface area contributed by atoms with E-state index in [0.29, 0.717) is 6.04 Å². The van der Waals surface area contributed by atoms with E-state index in [0.717, 1.165) is 24.9 Å². The van der Waals surface area contributed by atoms with Crippen molar-refractivity contribution in [3.63, 3.8) is 0 Å². The molecule has 2 rings (SSSR count). The average Bonchev–Trinajstić information content (AvgIpc) is 2.71. The summed E-state index contributed by atoms with van der Waals surface area (Å²) in [7, 11) is 0. The molecule has 1 aromatic rings. The number of hydrogen-bond acceptors (Lipinski definition) is 4. The van der Waals surface area contributed by atoms with Crippen molar-refractivity contribution in [2.45, 2.75) is 57.8 Å². The minimum atomic E-state index is -0.438. The van der Waals surface area contributed by atoms with Crippen LogP contribution in [0.5, 0.6) is 0 Å². The Hall–Kier alpha value is -1.49. The van der Waals surface area contributed by atoms with Gasteiger partial charge in [0.2, 0.25) is 0 Å². The molecule has 5 heteroatoms. The monoisotopic (exact) mass is 266 g/mol. The summed E-state index contributed by atoms with van der Waals surface area (Å²) in [6.45, 7) is 6.40. The lowest BCUT2D eigenvalue weighted by atomic mass is 9.87. The molecule has 2 N–H and O–H groups in total. The Balaban J connectivity index is 1.60. The fraction of sp³-hybridized carbons (Fsp3) is 0.643. The molecule has 106 valence electrons. The van der Waals surface area contributed by atoms with Gasteiger partial charge in [-0.05, 0) is 39.7 Å². The smallest absolute Gasteiger partial charge is 0.407 e. The molecule has 1 amide bonds. The van der Waals surface area contributed by atoms with Gasteiger partial charge in [-0.1, -0.05) is 0 Å². The third-order valence-corrected chi connectivity index (χ3v) is 3.03. The van der Waals surface area contributed by atoms with Crippen molar-refractivity contribution in [2.24, 2.45) is 0 Å². The van der Waals surface area contributed by atoms with Gasteiger partial charge >= 0.3 is 6.09 Å². The van der Waals surface area contributed by atoms with Gasteiger partial charge in [0.25, 0.3) is 0 Å².